The molecule has 0 aliphatic carbocycles. The monoisotopic (exact) mass is 448 g/mol. The summed E-state index contributed by atoms with van der Waals surface area (Å²) in [6.45, 7) is 1.95. The Balaban J connectivity index is 1.30. The Morgan fingerprint density at radius 2 is 1.97 bits per heavy atom. The lowest BCUT2D eigenvalue weighted by atomic mass is 9.95. The van der Waals surface area contributed by atoms with E-state index in [0.29, 0.717) is 50.3 Å². The first-order chi connectivity index (χ1) is 16.0. The van der Waals surface area contributed by atoms with Crippen molar-refractivity contribution in [3.63, 3.8) is 0 Å². The number of amides is 2. The smallest absolute Gasteiger partial charge is 0.415 e. The van der Waals surface area contributed by atoms with E-state index in [1.54, 1.807) is 23.0 Å². The van der Waals surface area contributed by atoms with E-state index in [9.17, 15) is 14.0 Å². The molecule has 7 nitrogen and oxygen atoms in total. The molecule has 2 aromatic carbocycles. The Morgan fingerprint density at radius 1 is 1.09 bits per heavy atom. The van der Waals surface area contributed by atoms with Crippen LogP contribution in [0.5, 0.6) is 0 Å². The third-order valence-electron chi connectivity index (χ3n) is 6.41. The number of ether oxygens (including phenoxy) is 1. The Labute approximate surface area is 191 Å². The zero-order chi connectivity index (χ0) is 22.8. The predicted octanol–water partition coefficient (Wildman–Crippen LogP) is 4.09. The molecular weight excluding hydrogens is 423 g/mol. The SMILES string of the molecule is O=C(c1ccccc1Cn1cccn1)N1CCC[C@@]2(CC1)CN(c1cccc(F)c1)C(=O)O2. The number of carbonyl (C=O) groups excluding carboxylic acids is 2. The lowest BCUT2D eigenvalue weighted by Crippen LogP contribution is -2.37. The minimum atomic E-state index is -0.674. The van der Waals surface area contributed by atoms with Gasteiger partial charge in [-0.15, -0.1) is 0 Å². The van der Waals surface area contributed by atoms with E-state index in [2.05, 4.69) is 5.10 Å². The van der Waals surface area contributed by atoms with Gasteiger partial charge in [-0.3, -0.25) is 14.4 Å². The molecule has 0 saturated carbocycles. The maximum Gasteiger partial charge on any atom is 0.415 e. The topological polar surface area (TPSA) is 67.7 Å². The van der Waals surface area contributed by atoms with Crippen molar-refractivity contribution < 1.29 is 18.7 Å². The van der Waals surface area contributed by atoms with Crippen LogP contribution in [0, 0.1) is 5.82 Å². The van der Waals surface area contributed by atoms with Crippen molar-refractivity contribution in [3.8, 4) is 0 Å². The molecule has 2 fully saturated rings. The number of hydrogen-bond acceptors (Lipinski definition) is 4. The van der Waals surface area contributed by atoms with Gasteiger partial charge in [0.05, 0.1) is 18.8 Å². The van der Waals surface area contributed by atoms with Crippen LogP contribution in [0.3, 0.4) is 0 Å². The fourth-order valence-corrected chi connectivity index (χ4v) is 4.70. The maximum absolute atomic E-state index is 13.7. The van der Waals surface area contributed by atoms with E-state index in [-0.39, 0.29) is 5.91 Å². The van der Waals surface area contributed by atoms with Crippen LogP contribution in [0.25, 0.3) is 0 Å². The molecule has 2 saturated heterocycles. The van der Waals surface area contributed by atoms with Crippen molar-refractivity contribution in [3.05, 3.63) is 83.9 Å². The molecule has 1 spiro atoms. The fraction of sp³-hybridized carbons (Fsp3) is 0.320. The normalized spacial score (nSPS) is 20.7. The zero-order valence-corrected chi connectivity index (χ0v) is 18.2. The molecular formula is C25H25FN4O3. The standard InChI is InChI=1S/C25H25FN4O3/c26-20-7-3-8-21(16-20)30-18-25(33-24(30)32)10-4-13-28(15-11-25)23(31)22-9-2-1-6-19(22)17-29-14-5-12-27-29/h1-3,5-9,12,14,16H,4,10-11,13,15,17-18H2/t25-/m1/s1. The predicted molar refractivity (Wildman–Crippen MR) is 120 cm³/mol. The summed E-state index contributed by atoms with van der Waals surface area (Å²) >= 11 is 0. The average Bonchev–Trinajstić information content (AvgIpc) is 3.38. The van der Waals surface area contributed by atoms with E-state index in [1.807, 2.05) is 41.4 Å². The largest absolute Gasteiger partial charge is 0.441 e. The van der Waals surface area contributed by atoms with Crippen molar-refractivity contribution >= 4 is 17.7 Å². The van der Waals surface area contributed by atoms with E-state index in [4.69, 9.17) is 4.74 Å². The first-order valence-electron chi connectivity index (χ1n) is 11.1. The van der Waals surface area contributed by atoms with Crippen molar-refractivity contribution in [2.75, 3.05) is 24.5 Å². The van der Waals surface area contributed by atoms with Gasteiger partial charge >= 0.3 is 6.09 Å². The molecule has 3 aromatic rings. The second-order valence-corrected chi connectivity index (χ2v) is 8.62. The number of rotatable bonds is 4. The summed E-state index contributed by atoms with van der Waals surface area (Å²) < 4.78 is 21.3. The molecule has 170 valence electrons. The van der Waals surface area contributed by atoms with Gasteiger partial charge < -0.3 is 9.64 Å². The highest BCUT2D eigenvalue weighted by molar-refractivity contribution is 5.96. The number of aromatic nitrogens is 2. The first kappa shape index (κ1) is 21.2. The Bertz CT molecular complexity index is 1170. The van der Waals surface area contributed by atoms with Gasteiger partial charge in [0.1, 0.15) is 11.4 Å². The highest BCUT2D eigenvalue weighted by Crippen LogP contribution is 2.36. The molecule has 2 amide bonds. The number of likely N-dealkylation sites (tertiary alicyclic amines) is 1. The number of hydrogen-bond donors (Lipinski definition) is 0. The molecule has 1 aromatic heterocycles. The highest BCUT2D eigenvalue weighted by atomic mass is 19.1. The molecule has 2 aliphatic heterocycles. The number of anilines is 1. The van der Waals surface area contributed by atoms with Gasteiger partial charge in [-0.2, -0.15) is 5.10 Å². The van der Waals surface area contributed by atoms with Crippen molar-refractivity contribution in [2.24, 2.45) is 0 Å². The van der Waals surface area contributed by atoms with Gasteiger partial charge in [0.2, 0.25) is 0 Å². The van der Waals surface area contributed by atoms with Gasteiger partial charge in [-0.05, 0) is 48.7 Å². The molecule has 2 aliphatic rings. The van der Waals surface area contributed by atoms with Crippen LogP contribution in [0.4, 0.5) is 14.9 Å². The van der Waals surface area contributed by atoms with Crippen LogP contribution >= 0.6 is 0 Å². The molecule has 0 bridgehead atoms. The Kier molecular flexibility index (Phi) is 5.58. The third-order valence-corrected chi connectivity index (χ3v) is 6.41. The van der Waals surface area contributed by atoms with Crippen molar-refractivity contribution in [2.45, 2.75) is 31.4 Å². The summed E-state index contributed by atoms with van der Waals surface area (Å²) in [7, 11) is 0. The van der Waals surface area contributed by atoms with Gasteiger partial charge in [0.15, 0.2) is 0 Å². The molecule has 0 N–H and O–H groups in total. The number of nitrogens with zero attached hydrogens (tertiary/aromatic N) is 4. The van der Waals surface area contributed by atoms with Crippen LogP contribution in [0.1, 0.15) is 35.2 Å². The van der Waals surface area contributed by atoms with Crippen LogP contribution in [-0.4, -0.2) is 51.9 Å². The van der Waals surface area contributed by atoms with Gasteiger partial charge in [0, 0.05) is 37.5 Å². The van der Waals surface area contributed by atoms with E-state index in [0.717, 1.165) is 12.0 Å². The molecule has 1 atom stereocenters. The van der Waals surface area contributed by atoms with Gasteiger partial charge in [-0.25, -0.2) is 9.18 Å². The van der Waals surface area contributed by atoms with Crippen LogP contribution in [0.2, 0.25) is 0 Å². The third kappa shape index (κ3) is 4.33. The molecule has 5 rings (SSSR count). The number of carbonyl (C=O) groups is 2. The molecule has 0 unspecified atom stereocenters. The molecule has 33 heavy (non-hydrogen) atoms. The second-order valence-electron chi connectivity index (χ2n) is 8.62. The minimum absolute atomic E-state index is 0.0267. The van der Waals surface area contributed by atoms with Crippen LogP contribution in [-0.2, 0) is 11.3 Å². The van der Waals surface area contributed by atoms with Crippen LogP contribution < -0.4 is 4.90 Å². The van der Waals surface area contributed by atoms with Crippen molar-refractivity contribution in [1.82, 2.24) is 14.7 Å². The summed E-state index contributed by atoms with van der Waals surface area (Å²) in [5, 5.41) is 4.25. The number of benzene rings is 2. The molecule has 0 radical (unpaired) electrons. The fourth-order valence-electron chi connectivity index (χ4n) is 4.70. The summed E-state index contributed by atoms with van der Waals surface area (Å²) in [6.07, 6.45) is 5.03. The van der Waals surface area contributed by atoms with E-state index < -0.39 is 17.5 Å². The van der Waals surface area contributed by atoms with E-state index >= 15 is 0 Å². The highest BCUT2D eigenvalue weighted by Gasteiger charge is 2.46. The second kappa shape index (κ2) is 8.69. The minimum Gasteiger partial charge on any atom is -0.441 e. The summed E-state index contributed by atoms with van der Waals surface area (Å²) in [5.41, 5.74) is 1.39. The lowest BCUT2D eigenvalue weighted by Gasteiger charge is -2.26. The molecule has 8 heteroatoms. The maximum atomic E-state index is 13.7. The summed E-state index contributed by atoms with van der Waals surface area (Å²) in [4.78, 5) is 29.4. The van der Waals surface area contributed by atoms with Crippen LogP contribution in [0.15, 0.2) is 67.0 Å². The first-order valence-corrected chi connectivity index (χ1v) is 11.1. The average molecular weight is 448 g/mol. The van der Waals surface area contributed by atoms with Gasteiger partial charge in [-0.1, -0.05) is 24.3 Å². The summed E-state index contributed by atoms with van der Waals surface area (Å²) in [6, 6.07) is 15.4. The van der Waals surface area contributed by atoms with E-state index in [1.165, 1.54) is 17.0 Å². The lowest BCUT2D eigenvalue weighted by molar-refractivity contribution is 0.0438. The summed E-state index contributed by atoms with van der Waals surface area (Å²) in [5.74, 6) is -0.422. The quantitative estimate of drug-likeness (QED) is 0.603. The Hall–Kier alpha value is -3.68. The molecule has 3 heterocycles. The van der Waals surface area contributed by atoms with Crippen molar-refractivity contribution in [1.29, 1.82) is 0 Å². The number of halogens is 1. The zero-order valence-electron chi connectivity index (χ0n) is 18.2. The van der Waals surface area contributed by atoms with Gasteiger partial charge in [0.25, 0.3) is 5.91 Å². The Morgan fingerprint density at radius 3 is 2.79 bits per heavy atom.